The molecule has 224 valence electrons. The Morgan fingerprint density at radius 3 is 2.43 bits per heavy atom. The van der Waals surface area contributed by atoms with Crippen LogP contribution in [0.1, 0.15) is 69.3 Å². The molecule has 4 fully saturated rings. The molecule has 4 aliphatic carbocycles. The van der Waals surface area contributed by atoms with E-state index in [0.29, 0.717) is 19.6 Å². The Hall–Kier alpha value is -3.19. The van der Waals surface area contributed by atoms with Gasteiger partial charge in [0.05, 0.1) is 29.4 Å². The summed E-state index contributed by atoms with van der Waals surface area (Å²) < 4.78 is 7.56. The van der Waals surface area contributed by atoms with E-state index in [1.54, 1.807) is 7.11 Å². The van der Waals surface area contributed by atoms with Gasteiger partial charge in [0.15, 0.2) is 0 Å². The Kier molecular flexibility index (Phi) is 8.14. The maximum absolute atomic E-state index is 14.2. The lowest BCUT2D eigenvalue weighted by atomic mass is 9.49. The number of aryl methyl sites for hydroxylation is 2. The van der Waals surface area contributed by atoms with E-state index < -0.39 is 0 Å². The van der Waals surface area contributed by atoms with E-state index in [4.69, 9.17) is 9.72 Å². The van der Waals surface area contributed by atoms with Crippen LogP contribution in [-0.4, -0.2) is 47.7 Å². The molecule has 0 saturated heterocycles. The molecular weight excluding hydrogens is 524 g/mol. The zero-order valence-corrected chi connectivity index (χ0v) is 25.7. The zero-order valence-electron chi connectivity index (χ0n) is 25.7. The van der Waals surface area contributed by atoms with Crippen molar-refractivity contribution in [2.24, 2.45) is 23.2 Å². The molecule has 3 aromatic rings. The number of methoxy groups -OCH3 is 1. The first-order valence-corrected chi connectivity index (χ1v) is 15.9. The van der Waals surface area contributed by atoms with Crippen LogP contribution in [0.15, 0.2) is 42.5 Å². The molecule has 7 nitrogen and oxygen atoms in total. The first-order valence-electron chi connectivity index (χ1n) is 15.9. The van der Waals surface area contributed by atoms with Crippen LogP contribution in [0.2, 0.25) is 0 Å². The van der Waals surface area contributed by atoms with Crippen LogP contribution in [0.5, 0.6) is 0 Å². The normalized spacial score (nSPS) is 25.1. The maximum atomic E-state index is 14.2. The standard InChI is InChI=1S/C35H46N4O3/c1-5-28-10-8-9-23(2)33(28)39(24(3)22-42-4)32(40)21-38-30-12-7-6-11-29(30)37-31(38)13-14-36-34(41)35-18-25-15-26(19-35)17-27(16-25)20-35/h6-12,24-27H,5,13-22H2,1-4H3,(H,36,41). The fourth-order valence-electron chi connectivity index (χ4n) is 8.82. The molecule has 2 aromatic carbocycles. The van der Waals surface area contributed by atoms with Crippen molar-refractivity contribution < 1.29 is 14.3 Å². The monoisotopic (exact) mass is 570 g/mol. The number of rotatable bonds is 11. The van der Waals surface area contributed by atoms with Gasteiger partial charge < -0.3 is 19.5 Å². The number of amides is 2. The van der Waals surface area contributed by atoms with Gasteiger partial charge in [0, 0.05) is 25.5 Å². The largest absolute Gasteiger partial charge is 0.383 e. The highest BCUT2D eigenvalue weighted by Crippen LogP contribution is 2.60. The third kappa shape index (κ3) is 5.36. The van der Waals surface area contributed by atoms with E-state index >= 15 is 0 Å². The summed E-state index contributed by atoms with van der Waals surface area (Å²) in [5.41, 5.74) is 4.85. The van der Waals surface area contributed by atoms with Crippen LogP contribution in [0.25, 0.3) is 11.0 Å². The zero-order chi connectivity index (χ0) is 29.4. The first-order chi connectivity index (χ1) is 20.3. The Morgan fingerprint density at radius 1 is 1.07 bits per heavy atom. The second-order valence-electron chi connectivity index (χ2n) is 13.3. The average Bonchev–Trinajstić information content (AvgIpc) is 3.30. The number of hydrogen-bond donors (Lipinski definition) is 1. The number of nitrogens with zero attached hydrogens (tertiary/aromatic N) is 3. The molecule has 42 heavy (non-hydrogen) atoms. The van der Waals surface area contributed by atoms with Crippen LogP contribution >= 0.6 is 0 Å². The Balaban J connectivity index is 1.23. The van der Waals surface area contributed by atoms with Crippen LogP contribution in [0.3, 0.4) is 0 Å². The summed E-state index contributed by atoms with van der Waals surface area (Å²) in [6.07, 6.45) is 8.58. The number of imidazole rings is 1. The van der Waals surface area contributed by atoms with Gasteiger partial charge in [-0.3, -0.25) is 9.59 Å². The predicted molar refractivity (Wildman–Crippen MR) is 166 cm³/mol. The summed E-state index contributed by atoms with van der Waals surface area (Å²) in [6, 6.07) is 14.1. The molecule has 4 bridgehead atoms. The molecule has 1 atom stereocenters. The quantitative estimate of drug-likeness (QED) is 0.314. The molecule has 7 heteroatoms. The number of fused-ring (bicyclic) bond motifs is 1. The van der Waals surface area contributed by atoms with Gasteiger partial charge in [-0.05, 0) is 99.8 Å². The van der Waals surface area contributed by atoms with E-state index in [2.05, 4.69) is 37.4 Å². The summed E-state index contributed by atoms with van der Waals surface area (Å²) in [4.78, 5) is 34.7. The van der Waals surface area contributed by atoms with Crippen molar-refractivity contribution in [2.45, 2.75) is 84.7 Å². The summed E-state index contributed by atoms with van der Waals surface area (Å²) >= 11 is 0. The first kappa shape index (κ1) is 28.9. The smallest absolute Gasteiger partial charge is 0.247 e. The van der Waals surface area contributed by atoms with E-state index in [9.17, 15) is 9.59 Å². The SMILES string of the molecule is CCc1cccc(C)c1N(C(=O)Cn1c(CCNC(=O)C23CC4CC(CC(C4)C2)C3)nc2ccccc21)C(C)COC. The number of anilines is 1. The van der Waals surface area contributed by atoms with Crippen LogP contribution in [-0.2, 0) is 33.7 Å². The van der Waals surface area contributed by atoms with Gasteiger partial charge in [-0.15, -0.1) is 0 Å². The van der Waals surface area contributed by atoms with Crippen molar-refractivity contribution in [3.8, 4) is 0 Å². The minimum atomic E-state index is -0.159. The highest BCUT2D eigenvalue weighted by atomic mass is 16.5. The third-order valence-electron chi connectivity index (χ3n) is 10.2. The van der Waals surface area contributed by atoms with Crippen molar-refractivity contribution in [1.82, 2.24) is 14.9 Å². The van der Waals surface area contributed by atoms with Gasteiger partial charge in [-0.25, -0.2) is 4.98 Å². The van der Waals surface area contributed by atoms with Crippen molar-refractivity contribution >= 4 is 28.5 Å². The van der Waals surface area contributed by atoms with Gasteiger partial charge >= 0.3 is 0 Å². The molecule has 1 heterocycles. The van der Waals surface area contributed by atoms with E-state index in [1.165, 1.54) is 19.3 Å². The second-order valence-corrected chi connectivity index (χ2v) is 13.3. The van der Waals surface area contributed by atoms with E-state index in [0.717, 1.165) is 77.1 Å². The van der Waals surface area contributed by atoms with Crippen molar-refractivity contribution in [2.75, 3.05) is 25.2 Å². The maximum Gasteiger partial charge on any atom is 0.247 e. The number of carbonyl (C=O) groups excluding carboxylic acids is 2. The van der Waals surface area contributed by atoms with Crippen LogP contribution < -0.4 is 10.2 Å². The number of nitrogens with one attached hydrogen (secondary N) is 1. The van der Waals surface area contributed by atoms with Gasteiger partial charge in [-0.1, -0.05) is 37.3 Å². The van der Waals surface area contributed by atoms with E-state index in [-0.39, 0.29) is 29.8 Å². The minimum Gasteiger partial charge on any atom is -0.383 e. The molecule has 1 N–H and O–H groups in total. The van der Waals surface area contributed by atoms with Gasteiger partial charge in [-0.2, -0.15) is 0 Å². The number of benzene rings is 2. The number of ether oxygens (including phenoxy) is 1. The molecule has 4 saturated carbocycles. The minimum absolute atomic E-state index is 0.00514. The molecule has 0 aliphatic heterocycles. The van der Waals surface area contributed by atoms with E-state index in [1.807, 2.05) is 40.7 Å². The summed E-state index contributed by atoms with van der Waals surface area (Å²) in [7, 11) is 1.68. The molecule has 2 amide bonds. The van der Waals surface area contributed by atoms with Gasteiger partial charge in [0.1, 0.15) is 12.4 Å². The van der Waals surface area contributed by atoms with Gasteiger partial charge in [0.2, 0.25) is 11.8 Å². The Labute approximate surface area is 250 Å². The van der Waals surface area contributed by atoms with Crippen molar-refractivity contribution in [1.29, 1.82) is 0 Å². The summed E-state index contributed by atoms with van der Waals surface area (Å²) in [5.74, 6) is 3.29. The van der Waals surface area contributed by atoms with Crippen LogP contribution in [0.4, 0.5) is 5.69 Å². The van der Waals surface area contributed by atoms with Crippen molar-refractivity contribution in [3.63, 3.8) is 0 Å². The highest BCUT2D eigenvalue weighted by Gasteiger charge is 2.54. The number of para-hydroxylation sites is 3. The summed E-state index contributed by atoms with van der Waals surface area (Å²) in [5, 5.41) is 3.32. The average molecular weight is 571 g/mol. The lowest BCUT2D eigenvalue weighted by Crippen LogP contribution is -2.53. The number of carbonyl (C=O) groups is 2. The molecule has 0 spiro atoms. The third-order valence-corrected chi connectivity index (χ3v) is 10.2. The lowest BCUT2D eigenvalue weighted by Gasteiger charge is -2.55. The molecule has 1 aromatic heterocycles. The fraction of sp³-hybridized carbons (Fsp3) is 0.571. The Morgan fingerprint density at radius 2 is 1.76 bits per heavy atom. The van der Waals surface area contributed by atoms with Crippen molar-refractivity contribution in [3.05, 3.63) is 59.4 Å². The Bertz CT molecular complexity index is 1420. The summed E-state index contributed by atoms with van der Waals surface area (Å²) in [6.45, 7) is 7.38. The molecule has 0 radical (unpaired) electrons. The molecular formula is C35H46N4O3. The van der Waals surface area contributed by atoms with Gasteiger partial charge in [0.25, 0.3) is 0 Å². The lowest BCUT2D eigenvalue weighted by molar-refractivity contribution is -0.146. The second kappa shape index (κ2) is 11.8. The molecule has 4 aliphatic rings. The number of hydrogen-bond acceptors (Lipinski definition) is 4. The molecule has 7 rings (SSSR count). The highest BCUT2D eigenvalue weighted by molar-refractivity contribution is 5.96. The molecule has 1 unspecified atom stereocenters. The van der Waals surface area contributed by atoms with Crippen LogP contribution in [0, 0.1) is 30.1 Å². The topological polar surface area (TPSA) is 76.5 Å². The predicted octanol–water partition coefficient (Wildman–Crippen LogP) is 5.85. The fourth-order valence-corrected chi connectivity index (χ4v) is 8.82. The number of aromatic nitrogens is 2.